The van der Waals surface area contributed by atoms with Crippen LogP contribution in [-0.4, -0.2) is 9.97 Å². The Morgan fingerprint density at radius 1 is 0.650 bits per heavy atom. The maximum absolute atomic E-state index is 13.2. The van der Waals surface area contributed by atoms with Crippen LogP contribution in [0, 0.1) is 11.6 Å². The number of nitrogens with zero attached hydrogens (tertiary/aromatic N) is 2. The van der Waals surface area contributed by atoms with Crippen LogP contribution in [0.25, 0.3) is 22.5 Å². The molecule has 98 valence electrons. The minimum absolute atomic E-state index is 0.321. The first-order chi connectivity index (χ1) is 9.72. The molecule has 2 nitrogen and oxygen atoms in total. The molecule has 0 bridgehead atoms. The van der Waals surface area contributed by atoms with Crippen LogP contribution in [-0.2, 0) is 0 Å². The third-order valence-electron chi connectivity index (χ3n) is 2.89. The summed E-state index contributed by atoms with van der Waals surface area (Å²) in [4.78, 5) is 8.49. The van der Waals surface area contributed by atoms with Gasteiger partial charge in [-0.05, 0) is 24.3 Å². The highest BCUT2D eigenvalue weighted by Crippen LogP contribution is 2.21. The summed E-state index contributed by atoms with van der Waals surface area (Å²) in [6.07, 6.45) is 3.10. The molecule has 0 aliphatic heterocycles. The summed E-state index contributed by atoms with van der Waals surface area (Å²) in [7, 11) is 0. The molecular formula is C16H10F2N2. The van der Waals surface area contributed by atoms with E-state index >= 15 is 0 Å². The number of rotatable bonds is 2. The van der Waals surface area contributed by atoms with Gasteiger partial charge in [-0.15, -0.1) is 0 Å². The van der Waals surface area contributed by atoms with E-state index < -0.39 is 0 Å². The predicted octanol–water partition coefficient (Wildman–Crippen LogP) is 4.09. The first kappa shape index (κ1) is 12.4. The predicted molar refractivity (Wildman–Crippen MR) is 72.8 cm³/mol. The quantitative estimate of drug-likeness (QED) is 0.699. The van der Waals surface area contributed by atoms with Crippen molar-refractivity contribution in [1.29, 1.82) is 0 Å². The molecule has 0 saturated carbocycles. The summed E-state index contributed by atoms with van der Waals surface area (Å²) in [5, 5.41) is 0. The molecule has 3 rings (SSSR count). The third kappa shape index (κ3) is 2.54. The highest BCUT2D eigenvalue weighted by atomic mass is 19.1. The second-order valence-electron chi connectivity index (χ2n) is 4.31. The van der Waals surface area contributed by atoms with Gasteiger partial charge in [0.05, 0.1) is 23.8 Å². The van der Waals surface area contributed by atoms with E-state index in [1.807, 2.05) is 0 Å². The van der Waals surface area contributed by atoms with Crippen LogP contribution >= 0.6 is 0 Å². The van der Waals surface area contributed by atoms with Gasteiger partial charge in [0, 0.05) is 11.1 Å². The molecule has 0 spiro atoms. The van der Waals surface area contributed by atoms with E-state index in [4.69, 9.17) is 0 Å². The molecule has 0 N–H and O–H groups in total. The van der Waals surface area contributed by atoms with Crippen molar-refractivity contribution in [3.05, 3.63) is 72.6 Å². The molecule has 1 heterocycles. The molecule has 1 aromatic heterocycles. The van der Waals surface area contributed by atoms with Gasteiger partial charge in [-0.1, -0.05) is 24.3 Å². The fraction of sp³-hybridized carbons (Fsp3) is 0. The first-order valence-electron chi connectivity index (χ1n) is 6.06. The van der Waals surface area contributed by atoms with Gasteiger partial charge in [0.15, 0.2) is 0 Å². The molecule has 0 unspecified atom stereocenters. The number of hydrogen-bond donors (Lipinski definition) is 0. The summed E-state index contributed by atoms with van der Waals surface area (Å²) in [5.41, 5.74) is 2.46. The van der Waals surface area contributed by atoms with Crippen LogP contribution < -0.4 is 0 Å². The zero-order valence-corrected chi connectivity index (χ0v) is 10.4. The SMILES string of the molecule is Fc1cccc(-c2cnc(-c3cccc(F)c3)cn2)c1. The second-order valence-corrected chi connectivity index (χ2v) is 4.31. The average molecular weight is 268 g/mol. The van der Waals surface area contributed by atoms with Gasteiger partial charge in [-0.3, -0.25) is 9.97 Å². The zero-order valence-electron chi connectivity index (χ0n) is 10.4. The number of halogens is 2. The van der Waals surface area contributed by atoms with Gasteiger partial charge in [-0.25, -0.2) is 8.78 Å². The molecule has 0 amide bonds. The Balaban J connectivity index is 1.96. The maximum Gasteiger partial charge on any atom is 0.123 e. The maximum atomic E-state index is 13.2. The largest absolute Gasteiger partial charge is 0.252 e. The lowest BCUT2D eigenvalue weighted by atomic mass is 10.1. The first-order valence-corrected chi connectivity index (χ1v) is 6.06. The van der Waals surface area contributed by atoms with E-state index in [0.717, 1.165) is 0 Å². The lowest BCUT2D eigenvalue weighted by molar-refractivity contribution is 0.627. The highest BCUT2D eigenvalue weighted by Gasteiger charge is 2.04. The number of benzene rings is 2. The Kier molecular flexibility index (Phi) is 3.21. The zero-order chi connectivity index (χ0) is 13.9. The molecular weight excluding hydrogens is 258 g/mol. The molecule has 0 radical (unpaired) electrons. The molecule has 0 saturated heterocycles. The lowest BCUT2D eigenvalue weighted by Gasteiger charge is -2.03. The van der Waals surface area contributed by atoms with Gasteiger partial charge in [-0.2, -0.15) is 0 Å². The Morgan fingerprint density at radius 3 is 1.45 bits per heavy atom. The highest BCUT2D eigenvalue weighted by molar-refractivity contribution is 5.62. The number of hydrogen-bond acceptors (Lipinski definition) is 2. The van der Waals surface area contributed by atoms with E-state index in [2.05, 4.69) is 9.97 Å². The van der Waals surface area contributed by atoms with E-state index in [-0.39, 0.29) is 11.6 Å². The third-order valence-corrected chi connectivity index (χ3v) is 2.89. The van der Waals surface area contributed by atoms with Crippen molar-refractivity contribution in [2.75, 3.05) is 0 Å². The summed E-state index contributed by atoms with van der Waals surface area (Å²) >= 11 is 0. The van der Waals surface area contributed by atoms with Crippen LogP contribution in [0.15, 0.2) is 60.9 Å². The summed E-state index contributed by atoms with van der Waals surface area (Å²) in [5.74, 6) is -0.642. The van der Waals surface area contributed by atoms with Gasteiger partial charge in [0.2, 0.25) is 0 Å². The van der Waals surface area contributed by atoms with Crippen molar-refractivity contribution in [3.63, 3.8) is 0 Å². The summed E-state index contributed by atoms with van der Waals surface area (Å²) < 4.78 is 26.3. The van der Waals surface area contributed by atoms with Crippen molar-refractivity contribution in [2.24, 2.45) is 0 Å². The molecule has 0 aliphatic rings. The summed E-state index contributed by atoms with van der Waals surface area (Å²) in [6, 6.07) is 12.3. The van der Waals surface area contributed by atoms with E-state index in [9.17, 15) is 8.78 Å². The van der Waals surface area contributed by atoms with Crippen LogP contribution in [0.2, 0.25) is 0 Å². The van der Waals surface area contributed by atoms with Crippen molar-refractivity contribution < 1.29 is 8.78 Å². The summed E-state index contributed by atoms with van der Waals surface area (Å²) in [6.45, 7) is 0. The van der Waals surface area contributed by atoms with Gasteiger partial charge in [0.1, 0.15) is 11.6 Å². The molecule has 3 aromatic rings. The Morgan fingerprint density at radius 2 is 1.10 bits per heavy atom. The molecule has 4 heteroatoms. The van der Waals surface area contributed by atoms with Crippen molar-refractivity contribution in [1.82, 2.24) is 9.97 Å². The van der Waals surface area contributed by atoms with Crippen LogP contribution in [0.4, 0.5) is 8.78 Å². The Hall–Kier alpha value is -2.62. The van der Waals surface area contributed by atoms with Crippen molar-refractivity contribution in [2.45, 2.75) is 0 Å². The average Bonchev–Trinajstić information content (AvgIpc) is 2.47. The van der Waals surface area contributed by atoms with Crippen LogP contribution in [0.3, 0.4) is 0 Å². The van der Waals surface area contributed by atoms with Gasteiger partial charge in [0.25, 0.3) is 0 Å². The van der Waals surface area contributed by atoms with Gasteiger partial charge >= 0.3 is 0 Å². The fourth-order valence-electron chi connectivity index (χ4n) is 1.92. The fourth-order valence-corrected chi connectivity index (χ4v) is 1.92. The van der Waals surface area contributed by atoms with E-state index in [0.29, 0.717) is 22.5 Å². The Labute approximate surface area is 114 Å². The normalized spacial score (nSPS) is 10.5. The minimum Gasteiger partial charge on any atom is -0.252 e. The minimum atomic E-state index is -0.321. The monoisotopic (exact) mass is 268 g/mol. The smallest absolute Gasteiger partial charge is 0.123 e. The van der Waals surface area contributed by atoms with Gasteiger partial charge < -0.3 is 0 Å². The molecule has 2 aromatic carbocycles. The standard InChI is InChI=1S/C16H10F2N2/c17-13-5-1-3-11(7-13)15-9-20-16(10-19-15)12-4-2-6-14(18)8-12/h1-10H. The van der Waals surface area contributed by atoms with E-state index in [1.165, 1.54) is 24.3 Å². The molecule has 20 heavy (non-hydrogen) atoms. The molecule has 0 fully saturated rings. The van der Waals surface area contributed by atoms with E-state index in [1.54, 1.807) is 36.7 Å². The van der Waals surface area contributed by atoms with Crippen molar-refractivity contribution >= 4 is 0 Å². The Bertz CT molecular complexity index is 675. The molecule has 0 aliphatic carbocycles. The molecule has 0 atom stereocenters. The van der Waals surface area contributed by atoms with Crippen LogP contribution in [0.1, 0.15) is 0 Å². The van der Waals surface area contributed by atoms with Crippen LogP contribution in [0.5, 0.6) is 0 Å². The number of aromatic nitrogens is 2. The second kappa shape index (κ2) is 5.17. The van der Waals surface area contributed by atoms with Crippen molar-refractivity contribution in [3.8, 4) is 22.5 Å². The topological polar surface area (TPSA) is 25.8 Å². The lowest BCUT2D eigenvalue weighted by Crippen LogP contribution is -1.90.